The van der Waals surface area contributed by atoms with Crippen molar-refractivity contribution in [2.45, 2.75) is 13.0 Å². The topological polar surface area (TPSA) is 62.2 Å². The van der Waals surface area contributed by atoms with Crippen LogP contribution in [0.5, 0.6) is 0 Å². The SMILES string of the molecule is O=C(Cc1ccc(F)cc1)Nc1cc(CO)ccn1. The molecule has 0 aliphatic heterocycles. The number of carbonyl (C=O) groups is 1. The number of aliphatic hydroxyl groups excluding tert-OH is 1. The Kier molecular flexibility index (Phi) is 4.20. The molecule has 0 radical (unpaired) electrons. The highest BCUT2D eigenvalue weighted by Gasteiger charge is 2.05. The Hall–Kier alpha value is -2.27. The van der Waals surface area contributed by atoms with E-state index >= 15 is 0 Å². The van der Waals surface area contributed by atoms with Gasteiger partial charge in [-0.3, -0.25) is 4.79 Å². The zero-order valence-electron chi connectivity index (χ0n) is 10.1. The number of carbonyl (C=O) groups excluding carboxylic acids is 1. The van der Waals surface area contributed by atoms with Crippen LogP contribution in [0.15, 0.2) is 42.6 Å². The summed E-state index contributed by atoms with van der Waals surface area (Å²) in [7, 11) is 0. The lowest BCUT2D eigenvalue weighted by Gasteiger charge is -2.05. The molecule has 0 spiro atoms. The van der Waals surface area contributed by atoms with E-state index in [4.69, 9.17) is 5.11 Å². The maximum absolute atomic E-state index is 12.7. The maximum Gasteiger partial charge on any atom is 0.229 e. The molecule has 0 saturated carbocycles. The molecule has 0 atom stereocenters. The number of nitrogens with one attached hydrogen (secondary N) is 1. The largest absolute Gasteiger partial charge is 0.392 e. The summed E-state index contributed by atoms with van der Waals surface area (Å²) in [5.74, 6) is -0.186. The van der Waals surface area contributed by atoms with Gasteiger partial charge in [0.2, 0.25) is 5.91 Å². The van der Waals surface area contributed by atoms with Gasteiger partial charge in [0, 0.05) is 6.20 Å². The third kappa shape index (κ3) is 3.86. The molecule has 1 amide bonds. The van der Waals surface area contributed by atoms with Gasteiger partial charge in [-0.1, -0.05) is 12.1 Å². The molecule has 0 saturated heterocycles. The molecule has 0 bridgehead atoms. The molecular weight excluding hydrogens is 247 g/mol. The summed E-state index contributed by atoms with van der Waals surface area (Å²) in [5, 5.41) is 11.6. The zero-order valence-corrected chi connectivity index (χ0v) is 10.1. The second-order valence-electron chi connectivity index (χ2n) is 4.06. The molecule has 1 aromatic heterocycles. The summed E-state index contributed by atoms with van der Waals surface area (Å²) in [5.41, 5.74) is 1.39. The standard InChI is InChI=1S/C14H13FN2O2/c15-12-3-1-10(2-4-12)8-14(19)17-13-7-11(9-18)5-6-16-13/h1-7,18H,8-9H2,(H,16,17,19). The zero-order chi connectivity index (χ0) is 13.7. The van der Waals surface area contributed by atoms with E-state index < -0.39 is 0 Å². The minimum Gasteiger partial charge on any atom is -0.392 e. The Morgan fingerprint density at radius 3 is 2.63 bits per heavy atom. The summed E-state index contributed by atoms with van der Waals surface area (Å²) >= 11 is 0. The van der Waals surface area contributed by atoms with Gasteiger partial charge in [-0.2, -0.15) is 0 Å². The van der Waals surface area contributed by atoms with Gasteiger partial charge in [0.1, 0.15) is 11.6 Å². The summed E-state index contributed by atoms with van der Waals surface area (Å²) < 4.78 is 12.7. The Morgan fingerprint density at radius 1 is 1.21 bits per heavy atom. The molecule has 2 N–H and O–H groups in total. The van der Waals surface area contributed by atoms with Gasteiger partial charge in [-0.15, -0.1) is 0 Å². The Bertz CT molecular complexity index is 570. The van der Waals surface area contributed by atoms with Crippen LogP contribution in [0.3, 0.4) is 0 Å². The highest BCUT2D eigenvalue weighted by molar-refractivity contribution is 5.91. The number of hydrogen-bond donors (Lipinski definition) is 2. The van der Waals surface area contributed by atoms with Crippen molar-refractivity contribution < 1.29 is 14.3 Å². The van der Waals surface area contributed by atoms with Crippen LogP contribution in [0, 0.1) is 5.82 Å². The van der Waals surface area contributed by atoms with E-state index in [1.165, 1.54) is 18.3 Å². The minimum absolute atomic E-state index is 0.108. The number of amides is 1. The summed E-state index contributed by atoms with van der Waals surface area (Å²) in [4.78, 5) is 15.7. The molecule has 98 valence electrons. The van der Waals surface area contributed by atoms with E-state index in [0.717, 1.165) is 5.56 Å². The van der Waals surface area contributed by atoms with Gasteiger partial charge < -0.3 is 10.4 Å². The van der Waals surface area contributed by atoms with E-state index in [1.807, 2.05) is 0 Å². The smallest absolute Gasteiger partial charge is 0.229 e. The predicted molar refractivity (Wildman–Crippen MR) is 68.9 cm³/mol. The number of hydrogen-bond acceptors (Lipinski definition) is 3. The second-order valence-corrected chi connectivity index (χ2v) is 4.06. The van der Waals surface area contributed by atoms with Crippen LogP contribution in [-0.4, -0.2) is 16.0 Å². The predicted octanol–water partition coefficient (Wildman–Crippen LogP) is 1.89. The first-order chi connectivity index (χ1) is 9.17. The van der Waals surface area contributed by atoms with Crippen LogP contribution in [-0.2, 0) is 17.8 Å². The highest BCUT2D eigenvalue weighted by Crippen LogP contribution is 2.08. The van der Waals surface area contributed by atoms with Crippen molar-refractivity contribution in [3.05, 3.63) is 59.5 Å². The van der Waals surface area contributed by atoms with Crippen LogP contribution in [0.25, 0.3) is 0 Å². The number of halogens is 1. The number of aliphatic hydroxyl groups is 1. The minimum atomic E-state index is -0.332. The maximum atomic E-state index is 12.7. The first-order valence-corrected chi connectivity index (χ1v) is 5.77. The van der Waals surface area contributed by atoms with Crippen molar-refractivity contribution in [1.82, 2.24) is 4.98 Å². The van der Waals surface area contributed by atoms with Crippen molar-refractivity contribution in [2.24, 2.45) is 0 Å². The van der Waals surface area contributed by atoms with E-state index in [-0.39, 0.29) is 24.8 Å². The lowest BCUT2D eigenvalue weighted by Crippen LogP contribution is -2.15. The molecule has 0 aliphatic rings. The first kappa shape index (κ1) is 13.2. The van der Waals surface area contributed by atoms with Gasteiger partial charge in [-0.25, -0.2) is 9.37 Å². The lowest BCUT2D eigenvalue weighted by atomic mass is 10.1. The summed E-state index contributed by atoms with van der Waals surface area (Å²) in [6.45, 7) is -0.108. The van der Waals surface area contributed by atoms with Crippen LogP contribution >= 0.6 is 0 Å². The van der Waals surface area contributed by atoms with Gasteiger partial charge >= 0.3 is 0 Å². The van der Waals surface area contributed by atoms with Crippen LogP contribution < -0.4 is 5.32 Å². The van der Waals surface area contributed by atoms with Crippen LogP contribution in [0.1, 0.15) is 11.1 Å². The average Bonchev–Trinajstić information content (AvgIpc) is 2.41. The van der Waals surface area contributed by atoms with Crippen molar-refractivity contribution in [1.29, 1.82) is 0 Å². The van der Waals surface area contributed by atoms with Crippen LogP contribution in [0.2, 0.25) is 0 Å². The third-order valence-electron chi connectivity index (χ3n) is 2.55. The quantitative estimate of drug-likeness (QED) is 0.882. The van der Waals surface area contributed by atoms with E-state index in [1.54, 1.807) is 24.3 Å². The normalized spacial score (nSPS) is 10.2. The number of nitrogens with zero attached hydrogens (tertiary/aromatic N) is 1. The fraction of sp³-hybridized carbons (Fsp3) is 0.143. The molecule has 0 unspecified atom stereocenters. The summed E-state index contributed by atoms with van der Waals surface area (Å²) in [6, 6.07) is 9.01. The molecule has 0 aliphatic carbocycles. The Labute approximate surface area is 109 Å². The van der Waals surface area contributed by atoms with Crippen molar-refractivity contribution in [3.63, 3.8) is 0 Å². The number of pyridine rings is 1. The van der Waals surface area contributed by atoms with Gasteiger partial charge in [0.25, 0.3) is 0 Å². The van der Waals surface area contributed by atoms with Crippen molar-refractivity contribution in [3.8, 4) is 0 Å². The molecule has 1 aromatic carbocycles. The van der Waals surface area contributed by atoms with E-state index in [2.05, 4.69) is 10.3 Å². The van der Waals surface area contributed by atoms with Crippen molar-refractivity contribution in [2.75, 3.05) is 5.32 Å². The fourth-order valence-corrected chi connectivity index (χ4v) is 1.62. The monoisotopic (exact) mass is 260 g/mol. The van der Waals surface area contributed by atoms with E-state index in [9.17, 15) is 9.18 Å². The molecule has 0 fully saturated rings. The van der Waals surface area contributed by atoms with Gasteiger partial charge in [-0.05, 0) is 35.4 Å². The lowest BCUT2D eigenvalue weighted by molar-refractivity contribution is -0.115. The number of benzene rings is 1. The Morgan fingerprint density at radius 2 is 1.95 bits per heavy atom. The molecule has 2 rings (SSSR count). The third-order valence-corrected chi connectivity index (χ3v) is 2.55. The average molecular weight is 260 g/mol. The van der Waals surface area contributed by atoms with Gasteiger partial charge in [0.05, 0.1) is 13.0 Å². The molecule has 5 heteroatoms. The molecule has 2 aromatic rings. The molecule has 4 nitrogen and oxygen atoms in total. The molecular formula is C14H13FN2O2. The fourth-order valence-electron chi connectivity index (χ4n) is 1.62. The second kappa shape index (κ2) is 6.06. The highest BCUT2D eigenvalue weighted by atomic mass is 19.1. The number of aromatic nitrogens is 1. The molecule has 19 heavy (non-hydrogen) atoms. The molecule has 1 heterocycles. The van der Waals surface area contributed by atoms with Crippen LogP contribution in [0.4, 0.5) is 10.2 Å². The number of anilines is 1. The summed E-state index contributed by atoms with van der Waals surface area (Å²) in [6.07, 6.45) is 1.66. The van der Waals surface area contributed by atoms with E-state index in [0.29, 0.717) is 11.4 Å². The number of rotatable bonds is 4. The first-order valence-electron chi connectivity index (χ1n) is 5.77. The van der Waals surface area contributed by atoms with Crippen molar-refractivity contribution >= 4 is 11.7 Å². The Balaban J connectivity index is 1.99. The van der Waals surface area contributed by atoms with Gasteiger partial charge in [0.15, 0.2) is 0 Å².